The Bertz CT molecular complexity index is 597. The number of carbonyl (C=O) groups is 1. The van der Waals surface area contributed by atoms with Crippen LogP contribution in [-0.4, -0.2) is 71.5 Å². The third-order valence-electron chi connectivity index (χ3n) is 5.59. The van der Waals surface area contributed by atoms with Gasteiger partial charge in [-0.05, 0) is 71.9 Å². The molecule has 0 aromatic carbocycles. The van der Waals surface area contributed by atoms with Crippen molar-refractivity contribution >= 4 is 5.91 Å². The molecule has 1 amide bonds. The Hall–Kier alpha value is -1.53. The Morgan fingerprint density at radius 3 is 2.72 bits per heavy atom. The molecular weight excluding hydrogens is 314 g/mol. The minimum Gasteiger partial charge on any atom is -0.349 e. The number of likely N-dealkylation sites (tertiary alicyclic amines) is 2. The van der Waals surface area contributed by atoms with E-state index in [0.717, 1.165) is 57.0 Å². The van der Waals surface area contributed by atoms with Crippen LogP contribution in [0.5, 0.6) is 0 Å². The molecule has 138 valence electrons. The van der Waals surface area contributed by atoms with E-state index in [1.165, 1.54) is 6.42 Å². The number of amides is 1. The van der Waals surface area contributed by atoms with E-state index in [2.05, 4.69) is 39.1 Å². The molecule has 0 saturated carbocycles. The van der Waals surface area contributed by atoms with Gasteiger partial charge in [0, 0.05) is 24.2 Å². The van der Waals surface area contributed by atoms with Crippen LogP contribution in [0.25, 0.3) is 0 Å². The minimum absolute atomic E-state index is 0.0670. The first-order chi connectivity index (χ1) is 12.1. The molecule has 1 atom stereocenters. The highest BCUT2D eigenvalue weighted by Gasteiger charge is 2.25. The molecule has 1 N–H and O–H groups in total. The molecule has 0 unspecified atom stereocenters. The molecule has 0 radical (unpaired) electrons. The highest BCUT2D eigenvalue weighted by Crippen LogP contribution is 2.25. The second kappa shape index (κ2) is 8.23. The van der Waals surface area contributed by atoms with E-state index in [1.54, 1.807) is 6.07 Å². The summed E-state index contributed by atoms with van der Waals surface area (Å²) >= 11 is 0. The quantitative estimate of drug-likeness (QED) is 0.882. The van der Waals surface area contributed by atoms with Gasteiger partial charge in [0.15, 0.2) is 0 Å². The minimum atomic E-state index is -0.0670. The molecular formula is C19H31N5O. The molecule has 0 spiro atoms. The van der Waals surface area contributed by atoms with E-state index < -0.39 is 0 Å². The summed E-state index contributed by atoms with van der Waals surface area (Å²) in [5, 5.41) is 3.09. The van der Waals surface area contributed by atoms with Gasteiger partial charge < -0.3 is 10.2 Å². The lowest BCUT2D eigenvalue weighted by molar-refractivity contribution is 0.0935. The number of aromatic nitrogens is 2. The second-order valence-corrected chi connectivity index (χ2v) is 7.46. The maximum atomic E-state index is 12.6. The van der Waals surface area contributed by atoms with Gasteiger partial charge in [-0.1, -0.05) is 6.92 Å². The first-order valence-corrected chi connectivity index (χ1v) is 9.63. The number of rotatable bonds is 5. The van der Waals surface area contributed by atoms with Gasteiger partial charge >= 0.3 is 0 Å². The molecule has 2 saturated heterocycles. The molecule has 1 aromatic rings. The second-order valence-electron chi connectivity index (χ2n) is 7.46. The lowest BCUT2D eigenvalue weighted by Crippen LogP contribution is -2.40. The van der Waals surface area contributed by atoms with Crippen LogP contribution in [0.4, 0.5) is 0 Å². The monoisotopic (exact) mass is 345 g/mol. The Labute approximate surface area is 151 Å². The van der Waals surface area contributed by atoms with E-state index in [0.29, 0.717) is 24.2 Å². The molecule has 1 aromatic heterocycles. The summed E-state index contributed by atoms with van der Waals surface area (Å²) in [7, 11) is 2.15. The van der Waals surface area contributed by atoms with Crippen molar-refractivity contribution in [2.24, 2.45) is 0 Å². The average Bonchev–Trinajstić information content (AvgIpc) is 3.07. The molecule has 3 heterocycles. The van der Waals surface area contributed by atoms with Crippen LogP contribution in [-0.2, 0) is 0 Å². The van der Waals surface area contributed by atoms with Crippen LogP contribution in [0.15, 0.2) is 6.07 Å². The Morgan fingerprint density at radius 2 is 2.00 bits per heavy atom. The summed E-state index contributed by atoms with van der Waals surface area (Å²) in [4.78, 5) is 26.6. The standard InChI is InChI=1S/C19H31N5O/c1-4-24-9-5-6-16(24)13-20-19(25)17-12-14(2)21-18(22-17)15-7-10-23(3)11-8-15/h12,15-16H,4-11,13H2,1-3H3,(H,20,25)/t16-/m0/s1. The zero-order valence-electron chi connectivity index (χ0n) is 15.8. The van der Waals surface area contributed by atoms with Crippen LogP contribution in [0.3, 0.4) is 0 Å². The van der Waals surface area contributed by atoms with Crippen molar-refractivity contribution in [1.82, 2.24) is 25.1 Å². The summed E-state index contributed by atoms with van der Waals surface area (Å²) < 4.78 is 0. The van der Waals surface area contributed by atoms with Gasteiger partial charge in [-0.3, -0.25) is 9.69 Å². The molecule has 2 fully saturated rings. The van der Waals surface area contributed by atoms with Crippen molar-refractivity contribution in [2.45, 2.75) is 51.5 Å². The third-order valence-corrected chi connectivity index (χ3v) is 5.59. The number of hydrogen-bond acceptors (Lipinski definition) is 5. The average molecular weight is 345 g/mol. The summed E-state index contributed by atoms with van der Waals surface area (Å²) in [5.41, 5.74) is 1.40. The first kappa shape index (κ1) is 18.3. The number of piperidine rings is 1. The van der Waals surface area contributed by atoms with Crippen LogP contribution < -0.4 is 5.32 Å². The highest BCUT2D eigenvalue weighted by molar-refractivity contribution is 5.92. The van der Waals surface area contributed by atoms with Crippen LogP contribution in [0.1, 0.15) is 60.5 Å². The van der Waals surface area contributed by atoms with Gasteiger partial charge in [0.05, 0.1) is 0 Å². The largest absolute Gasteiger partial charge is 0.349 e. The maximum Gasteiger partial charge on any atom is 0.270 e. The van der Waals surface area contributed by atoms with Crippen molar-refractivity contribution in [3.05, 3.63) is 23.3 Å². The number of aryl methyl sites for hydroxylation is 1. The maximum absolute atomic E-state index is 12.6. The smallest absolute Gasteiger partial charge is 0.270 e. The summed E-state index contributed by atoms with van der Waals surface area (Å²) in [6, 6.07) is 2.27. The fourth-order valence-electron chi connectivity index (χ4n) is 4.00. The zero-order valence-corrected chi connectivity index (χ0v) is 15.8. The predicted octanol–water partition coefficient (Wildman–Crippen LogP) is 1.81. The van der Waals surface area contributed by atoms with E-state index >= 15 is 0 Å². The lowest BCUT2D eigenvalue weighted by atomic mass is 9.96. The Morgan fingerprint density at radius 1 is 1.24 bits per heavy atom. The number of hydrogen-bond donors (Lipinski definition) is 1. The molecule has 3 rings (SSSR count). The van der Waals surface area contributed by atoms with Crippen molar-refractivity contribution < 1.29 is 4.79 Å². The van der Waals surface area contributed by atoms with Crippen LogP contribution in [0, 0.1) is 6.92 Å². The Kier molecular flexibility index (Phi) is 6.02. The van der Waals surface area contributed by atoms with E-state index in [9.17, 15) is 4.79 Å². The normalized spacial score (nSPS) is 23.1. The lowest BCUT2D eigenvalue weighted by Gasteiger charge is -2.28. The topological polar surface area (TPSA) is 61.4 Å². The van der Waals surface area contributed by atoms with Crippen molar-refractivity contribution in [3.8, 4) is 0 Å². The van der Waals surface area contributed by atoms with E-state index in [-0.39, 0.29) is 5.91 Å². The van der Waals surface area contributed by atoms with Crippen molar-refractivity contribution in [2.75, 3.05) is 39.8 Å². The third kappa shape index (κ3) is 4.55. The Balaban J connectivity index is 1.64. The summed E-state index contributed by atoms with van der Waals surface area (Å²) in [6.45, 7) is 9.17. The fraction of sp³-hybridized carbons (Fsp3) is 0.737. The SMILES string of the molecule is CCN1CCC[C@H]1CNC(=O)c1cc(C)nc(C2CCN(C)CC2)n1. The van der Waals surface area contributed by atoms with Crippen molar-refractivity contribution in [3.63, 3.8) is 0 Å². The van der Waals surface area contributed by atoms with Gasteiger partial charge in [0.1, 0.15) is 11.5 Å². The van der Waals surface area contributed by atoms with Crippen LogP contribution >= 0.6 is 0 Å². The molecule has 6 nitrogen and oxygen atoms in total. The fourth-order valence-corrected chi connectivity index (χ4v) is 4.00. The summed E-state index contributed by atoms with van der Waals surface area (Å²) in [5.74, 6) is 1.14. The predicted molar refractivity (Wildman–Crippen MR) is 98.8 cm³/mol. The van der Waals surface area contributed by atoms with Gasteiger partial charge in [-0.2, -0.15) is 0 Å². The van der Waals surface area contributed by atoms with Gasteiger partial charge in [0.2, 0.25) is 0 Å². The molecule has 6 heteroatoms. The molecule has 0 aliphatic carbocycles. The van der Waals surface area contributed by atoms with Crippen LogP contribution in [0.2, 0.25) is 0 Å². The molecule has 2 aliphatic heterocycles. The molecule has 2 aliphatic rings. The zero-order chi connectivity index (χ0) is 17.8. The molecule has 25 heavy (non-hydrogen) atoms. The molecule has 0 bridgehead atoms. The van der Waals surface area contributed by atoms with E-state index in [1.807, 2.05) is 6.92 Å². The van der Waals surface area contributed by atoms with Gasteiger partial charge in [0.25, 0.3) is 5.91 Å². The highest BCUT2D eigenvalue weighted by atomic mass is 16.1. The van der Waals surface area contributed by atoms with E-state index in [4.69, 9.17) is 0 Å². The van der Waals surface area contributed by atoms with Gasteiger partial charge in [-0.25, -0.2) is 9.97 Å². The van der Waals surface area contributed by atoms with Gasteiger partial charge in [-0.15, -0.1) is 0 Å². The first-order valence-electron chi connectivity index (χ1n) is 9.63. The number of likely N-dealkylation sites (N-methyl/N-ethyl adjacent to an activating group) is 1. The number of nitrogens with one attached hydrogen (secondary N) is 1. The summed E-state index contributed by atoms with van der Waals surface area (Å²) in [6.07, 6.45) is 4.52. The van der Waals surface area contributed by atoms with Crippen molar-refractivity contribution in [1.29, 1.82) is 0 Å². The number of nitrogens with zero attached hydrogens (tertiary/aromatic N) is 4. The number of carbonyl (C=O) groups excluding carboxylic acids is 1.